The topological polar surface area (TPSA) is 81.9 Å². The van der Waals surface area contributed by atoms with E-state index in [2.05, 4.69) is 39.4 Å². The fourth-order valence-electron chi connectivity index (χ4n) is 3.36. The number of nitrogens with zero attached hydrogens (tertiary/aromatic N) is 3. The van der Waals surface area contributed by atoms with E-state index in [1.54, 1.807) is 19.6 Å². The Balaban J connectivity index is 1.64. The molecule has 0 atom stereocenters. The summed E-state index contributed by atoms with van der Waals surface area (Å²) in [6.45, 7) is 3.46. The Labute approximate surface area is 187 Å². The Hall–Kier alpha value is -3.20. The Morgan fingerprint density at radius 1 is 1.16 bits per heavy atom. The molecule has 0 fully saturated rings. The van der Waals surface area contributed by atoms with Gasteiger partial charge in [0.1, 0.15) is 31.0 Å². The van der Waals surface area contributed by atoms with Crippen LogP contribution in [0.2, 0.25) is 0 Å². The number of methoxy groups -OCH3 is 1. The van der Waals surface area contributed by atoms with Crippen LogP contribution < -0.4 is 10.1 Å². The maximum absolute atomic E-state index is 5.94. The zero-order chi connectivity index (χ0) is 22.2. The fourth-order valence-corrected chi connectivity index (χ4v) is 3.36. The highest BCUT2D eigenvalue weighted by Crippen LogP contribution is 2.27. The van der Waals surface area contributed by atoms with Gasteiger partial charge in [-0.15, -0.1) is 0 Å². The van der Waals surface area contributed by atoms with Gasteiger partial charge in [0, 0.05) is 43.2 Å². The molecule has 1 aliphatic heterocycles. The summed E-state index contributed by atoms with van der Waals surface area (Å²) >= 11 is 0. The molecule has 2 aromatic heterocycles. The SMILES string of the molecule is COCCOc1ccc2cc1CN(C)C/C=C/COCc1cc(co1)-c1ccnc(n1)N2. The van der Waals surface area contributed by atoms with Crippen LogP contribution in [-0.2, 0) is 22.6 Å². The minimum atomic E-state index is 0.406. The summed E-state index contributed by atoms with van der Waals surface area (Å²) < 4.78 is 22.4. The van der Waals surface area contributed by atoms with E-state index in [0.29, 0.717) is 32.4 Å². The van der Waals surface area contributed by atoms with Gasteiger partial charge in [0.15, 0.2) is 0 Å². The lowest BCUT2D eigenvalue weighted by atomic mass is 10.1. The lowest BCUT2D eigenvalue weighted by Crippen LogP contribution is -2.19. The van der Waals surface area contributed by atoms with E-state index in [1.165, 1.54) is 0 Å². The normalized spacial score (nSPS) is 15.9. The van der Waals surface area contributed by atoms with Gasteiger partial charge in [-0.05, 0) is 37.4 Å². The first-order valence-electron chi connectivity index (χ1n) is 10.5. The summed E-state index contributed by atoms with van der Waals surface area (Å²) in [6.07, 6.45) is 7.54. The van der Waals surface area contributed by atoms with Crippen molar-refractivity contribution in [3.63, 3.8) is 0 Å². The van der Waals surface area contributed by atoms with Crippen molar-refractivity contribution in [2.75, 3.05) is 45.8 Å². The minimum Gasteiger partial charge on any atom is -0.491 e. The molecule has 4 rings (SSSR count). The third kappa shape index (κ3) is 5.94. The van der Waals surface area contributed by atoms with E-state index < -0.39 is 0 Å². The number of furan rings is 1. The van der Waals surface area contributed by atoms with Crippen LogP contribution in [0.4, 0.5) is 11.6 Å². The van der Waals surface area contributed by atoms with Crippen molar-refractivity contribution in [3.8, 4) is 17.0 Å². The summed E-state index contributed by atoms with van der Waals surface area (Å²) in [5.41, 5.74) is 3.62. The molecule has 1 aromatic carbocycles. The number of anilines is 2. The number of aromatic nitrogens is 2. The first-order valence-corrected chi connectivity index (χ1v) is 10.5. The Bertz CT molecular complexity index is 1050. The van der Waals surface area contributed by atoms with E-state index in [-0.39, 0.29) is 0 Å². The first-order chi connectivity index (χ1) is 15.7. The molecule has 0 saturated heterocycles. The molecule has 0 amide bonds. The molecular formula is C24H28N4O4. The largest absolute Gasteiger partial charge is 0.491 e. The molecule has 168 valence electrons. The molecule has 0 aliphatic carbocycles. The number of ether oxygens (including phenoxy) is 3. The number of hydrogen-bond acceptors (Lipinski definition) is 8. The van der Waals surface area contributed by atoms with Gasteiger partial charge in [-0.2, -0.15) is 0 Å². The third-order valence-corrected chi connectivity index (χ3v) is 4.95. The number of nitrogens with one attached hydrogen (secondary N) is 1. The molecule has 8 nitrogen and oxygen atoms in total. The quantitative estimate of drug-likeness (QED) is 0.485. The summed E-state index contributed by atoms with van der Waals surface area (Å²) in [4.78, 5) is 11.2. The highest BCUT2D eigenvalue weighted by molar-refractivity contribution is 5.62. The second-order valence-corrected chi connectivity index (χ2v) is 7.54. The van der Waals surface area contributed by atoms with Crippen LogP contribution in [0.25, 0.3) is 11.3 Å². The van der Waals surface area contributed by atoms with Crippen molar-refractivity contribution in [3.05, 3.63) is 66.3 Å². The van der Waals surface area contributed by atoms with E-state index >= 15 is 0 Å². The molecule has 0 unspecified atom stereocenters. The zero-order valence-corrected chi connectivity index (χ0v) is 18.4. The zero-order valence-electron chi connectivity index (χ0n) is 18.4. The second kappa shape index (κ2) is 10.9. The third-order valence-electron chi connectivity index (χ3n) is 4.95. The van der Waals surface area contributed by atoms with Gasteiger partial charge in [-0.25, -0.2) is 9.97 Å². The summed E-state index contributed by atoms with van der Waals surface area (Å²) in [7, 11) is 3.73. The predicted octanol–water partition coefficient (Wildman–Crippen LogP) is 4.02. The van der Waals surface area contributed by atoms with Crippen LogP contribution in [0.1, 0.15) is 11.3 Å². The Morgan fingerprint density at radius 2 is 2.09 bits per heavy atom. The molecule has 1 aliphatic rings. The van der Waals surface area contributed by atoms with Gasteiger partial charge in [0.05, 0.1) is 18.9 Å². The molecule has 8 heteroatoms. The van der Waals surface area contributed by atoms with Crippen LogP contribution in [0.5, 0.6) is 5.75 Å². The van der Waals surface area contributed by atoms with Crippen molar-refractivity contribution >= 4 is 11.6 Å². The molecule has 1 N–H and O–H groups in total. The van der Waals surface area contributed by atoms with Crippen molar-refractivity contribution in [2.24, 2.45) is 0 Å². The number of likely N-dealkylation sites (N-methyl/N-ethyl adjacent to an activating group) is 1. The van der Waals surface area contributed by atoms with E-state index in [1.807, 2.05) is 30.3 Å². The lowest BCUT2D eigenvalue weighted by Gasteiger charge is -2.19. The van der Waals surface area contributed by atoms with Gasteiger partial charge < -0.3 is 23.9 Å². The molecular weight excluding hydrogens is 408 g/mol. The highest BCUT2D eigenvalue weighted by atomic mass is 16.5. The molecule has 6 bridgehead atoms. The van der Waals surface area contributed by atoms with Crippen molar-refractivity contribution in [2.45, 2.75) is 13.2 Å². The van der Waals surface area contributed by atoms with Crippen molar-refractivity contribution in [1.29, 1.82) is 0 Å². The lowest BCUT2D eigenvalue weighted by molar-refractivity contribution is 0.131. The minimum absolute atomic E-state index is 0.406. The van der Waals surface area contributed by atoms with Crippen LogP contribution in [0.15, 0.2) is 59.4 Å². The van der Waals surface area contributed by atoms with Gasteiger partial charge in [-0.3, -0.25) is 4.90 Å². The van der Waals surface area contributed by atoms with Gasteiger partial charge >= 0.3 is 0 Å². The first kappa shape index (κ1) is 22.0. The summed E-state index contributed by atoms with van der Waals surface area (Å²) in [5.74, 6) is 2.10. The van der Waals surface area contributed by atoms with Gasteiger partial charge in [-0.1, -0.05) is 12.2 Å². The Kier molecular flexibility index (Phi) is 7.50. The molecule has 3 aromatic rings. The van der Waals surface area contributed by atoms with Crippen LogP contribution in [-0.4, -0.2) is 55.4 Å². The molecule has 0 saturated carbocycles. The maximum Gasteiger partial charge on any atom is 0.227 e. The Morgan fingerprint density at radius 3 is 3.00 bits per heavy atom. The number of benzene rings is 1. The van der Waals surface area contributed by atoms with E-state index in [4.69, 9.17) is 18.6 Å². The van der Waals surface area contributed by atoms with Crippen molar-refractivity contribution in [1.82, 2.24) is 14.9 Å². The average Bonchev–Trinajstić information content (AvgIpc) is 3.26. The van der Waals surface area contributed by atoms with Crippen LogP contribution in [0.3, 0.4) is 0 Å². The van der Waals surface area contributed by atoms with E-state index in [9.17, 15) is 0 Å². The average molecular weight is 437 g/mol. The highest BCUT2D eigenvalue weighted by Gasteiger charge is 2.11. The second-order valence-electron chi connectivity index (χ2n) is 7.54. The molecule has 0 radical (unpaired) electrons. The number of fused-ring (bicyclic) bond motifs is 7. The van der Waals surface area contributed by atoms with Crippen molar-refractivity contribution < 1.29 is 18.6 Å². The monoisotopic (exact) mass is 436 g/mol. The summed E-state index contributed by atoms with van der Waals surface area (Å²) in [6, 6.07) is 9.80. The van der Waals surface area contributed by atoms with Gasteiger partial charge in [0.25, 0.3) is 0 Å². The van der Waals surface area contributed by atoms with Crippen LogP contribution >= 0.6 is 0 Å². The molecule has 3 heterocycles. The number of rotatable bonds is 4. The maximum atomic E-state index is 5.94. The fraction of sp³-hybridized carbons (Fsp3) is 0.333. The molecule has 0 spiro atoms. The summed E-state index contributed by atoms with van der Waals surface area (Å²) in [5, 5.41) is 3.31. The van der Waals surface area contributed by atoms with Crippen LogP contribution in [0, 0.1) is 0 Å². The predicted molar refractivity (Wildman–Crippen MR) is 122 cm³/mol. The standard InChI is InChI=1S/C24H28N4O4/c1-28-9-3-4-10-30-17-21-14-19(16-32-21)22-7-8-25-24(27-22)26-20-5-6-23(18(13-20)15-28)31-12-11-29-2/h3-8,13-14,16H,9-12,15,17H2,1-2H3,(H,25,26,27)/b4-3+. The number of hydrogen-bond donors (Lipinski definition) is 1. The molecule has 32 heavy (non-hydrogen) atoms. The van der Waals surface area contributed by atoms with E-state index in [0.717, 1.165) is 47.1 Å². The smallest absolute Gasteiger partial charge is 0.227 e. The van der Waals surface area contributed by atoms with Gasteiger partial charge in [0.2, 0.25) is 5.95 Å².